The molecule has 2 aromatic carbocycles. The molecule has 0 atom stereocenters. The van der Waals surface area contributed by atoms with Crippen LogP contribution < -0.4 is 0 Å². The van der Waals surface area contributed by atoms with Crippen LogP contribution in [0.5, 0.6) is 0 Å². The number of rotatable bonds is 0. The van der Waals surface area contributed by atoms with Gasteiger partial charge in [0, 0.05) is 17.0 Å². The molecular weight excluding hydrogens is 278 g/mol. The minimum Gasteiger partial charge on any atom is -0.255 e. The standard InChI is InChI=1S/C22H23N/c1-14-12-17-19-18(21(2)8-10-22(19,3)11-9-21)13-23-20(17)16-7-5-4-6-15(14)16/h4-7,12-13H,8-11H2,1-3H3. The highest BCUT2D eigenvalue weighted by Crippen LogP contribution is 2.57. The van der Waals surface area contributed by atoms with Crippen LogP contribution >= 0.6 is 0 Å². The van der Waals surface area contributed by atoms with Gasteiger partial charge >= 0.3 is 0 Å². The van der Waals surface area contributed by atoms with E-state index in [2.05, 4.69) is 57.3 Å². The van der Waals surface area contributed by atoms with E-state index in [0.29, 0.717) is 10.8 Å². The van der Waals surface area contributed by atoms with Crippen LogP contribution in [0.4, 0.5) is 0 Å². The van der Waals surface area contributed by atoms with Crippen molar-refractivity contribution in [2.75, 3.05) is 0 Å². The molecule has 0 amide bonds. The SMILES string of the molecule is Cc1cc2c3c(cnc2c2ccccc12)C1(C)CCC3(C)CC1. The van der Waals surface area contributed by atoms with Crippen LogP contribution in [0.25, 0.3) is 21.7 Å². The molecule has 1 aromatic heterocycles. The molecule has 0 aliphatic heterocycles. The first kappa shape index (κ1) is 13.5. The molecule has 1 heteroatoms. The van der Waals surface area contributed by atoms with E-state index in [1.165, 1.54) is 58.5 Å². The van der Waals surface area contributed by atoms with Crippen molar-refractivity contribution >= 4 is 21.7 Å². The molecule has 0 saturated heterocycles. The van der Waals surface area contributed by atoms with Crippen molar-refractivity contribution in [1.29, 1.82) is 0 Å². The fourth-order valence-electron chi connectivity index (χ4n) is 5.19. The molecule has 3 aliphatic carbocycles. The van der Waals surface area contributed by atoms with E-state index in [-0.39, 0.29) is 0 Å². The molecule has 0 unspecified atom stereocenters. The summed E-state index contributed by atoms with van der Waals surface area (Å²) in [5, 5.41) is 4.05. The summed E-state index contributed by atoms with van der Waals surface area (Å²) in [6.07, 6.45) is 7.48. The van der Waals surface area contributed by atoms with E-state index in [0.717, 1.165) is 0 Å². The van der Waals surface area contributed by atoms with Gasteiger partial charge in [-0.1, -0.05) is 38.1 Å². The van der Waals surface area contributed by atoms with Crippen molar-refractivity contribution in [3.8, 4) is 0 Å². The number of fused-ring (bicyclic) bond motifs is 5. The van der Waals surface area contributed by atoms with Crippen molar-refractivity contribution in [1.82, 2.24) is 4.98 Å². The predicted molar refractivity (Wildman–Crippen MR) is 97.2 cm³/mol. The monoisotopic (exact) mass is 301 g/mol. The highest BCUT2D eigenvalue weighted by Gasteiger charge is 2.48. The van der Waals surface area contributed by atoms with Crippen molar-refractivity contribution in [2.24, 2.45) is 0 Å². The third-order valence-electron chi connectivity index (χ3n) is 6.80. The molecule has 3 aliphatic rings. The van der Waals surface area contributed by atoms with Gasteiger partial charge in [-0.2, -0.15) is 0 Å². The lowest BCUT2D eigenvalue weighted by atomic mass is 9.52. The smallest absolute Gasteiger partial charge is 0.0783 e. The summed E-state index contributed by atoms with van der Waals surface area (Å²) in [4.78, 5) is 4.96. The largest absolute Gasteiger partial charge is 0.255 e. The molecule has 116 valence electrons. The van der Waals surface area contributed by atoms with Crippen molar-refractivity contribution in [3.63, 3.8) is 0 Å². The van der Waals surface area contributed by atoms with E-state index < -0.39 is 0 Å². The topological polar surface area (TPSA) is 12.9 Å². The molecule has 23 heavy (non-hydrogen) atoms. The number of aromatic nitrogens is 1. The summed E-state index contributed by atoms with van der Waals surface area (Å²) in [6.45, 7) is 7.17. The zero-order valence-corrected chi connectivity index (χ0v) is 14.2. The number of hydrogen-bond donors (Lipinski definition) is 0. The van der Waals surface area contributed by atoms with Crippen LogP contribution in [0, 0.1) is 6.92 Å². The normalized spacial score (nSPS) is 29.2. The van der Waals surface area contributed by atoms with E-state index in [1.807, 2.05) is 0 Å². The Hall–Kier alpha value is -1.89. The van der Waals surface area contributed by atoms with Gasteiger partial charge in [0.15, 0.2) is 0 Å². The van der Waals surface area contributed by atoms with Crippen molar-refractivity contribution in [2.45, 2.75) is 57.3 Å². The number of pyridine rings is 1. The summed E-state index contributed by atoms with van der Waals surface area (Å²) >= 11 is 0. The second-order valence-electron chi connectivity index (χ2n) is 8.30. The second kappa shape index (κ2) is 4.14. The number of benzene rings is 2. The van der Waals surface area contributed by atoms with Gasteiger partial charge in [0.05, 0.1) is 5.52 Å². The average Bonchev–Trinajstić information content (AvgIpc) is 2.57. The Morgan fingerprint density at radius 3 is 2.26 bits per heavy atom. The average molecular weight is 301 g/mol. The van der Waals surface area contributed by atoms with Gasteiger partial charge in [0.25, 0.3) is 0 Å². The molecular formula is C22H23N. The maximum atomic E-state index is 4.96. The Labute approximate surface area is 137 Å². The first-order valence-corrected chi connectivity index (χ1v) is 8.84. The lowest BCUT2D eigenvalue weighted by Gasteiger charge is -2.52. The molecule has 3 aromatic rings. The maximum Gasteiger partial charge on any atom is 0.0783 e. The second-order valence-corrected chi connectivity index (χ2v) is 8.30. The number of aryl methyl sites for hydroxylation is 1. The molecule has 2 bridgehead atoms. The van der Waals surface area contributed by atoms with Crippen LogP contribution in [0.15, 0.2) is 36.5 Å². The first-order chi connectivity index (χ1) is 11.0. The van der Waals surface area contributed by atoms with Crippen LogP contribution in [0.3, 0.4) is 0 Å². The Morgan fingerprint density at radius 2 is 1.52 bits per heavy atom. The minimum atomic E-state index is 0.336. The van der Waals surface area contributed by atoms with Gasteiger partial charge in [-0.15, -0.1) is 0 Å². The molecule has 1 fully saturated rings. The molecule has 1 nitrogen and oxygen atoms in total. The molecule has 6 rings (SSSR count). The lowest BCUT2D eigenvalue weighted by molar-refractivity contribution is 0.189. The van der Waals surface area contributed by atoms with Gasteiger partial charge in [-0.25, -0.2) is 0 Å². The maximum absolute atomic E-state index is 4.96. The van der Waals surface area contributed by atoms with Gasteiger partial charge in [0.1, 0.15) is 0 Å². The Bertz CT molecular complexity index is 959. The van der Waals surface area contributed by atoms with Crippen LogP contribution in [0.1, 0.15) is 56.2 Å². The number of nitrogens with zero attached hydrogens (tertiary/aromatic N) is 1. The van der Waals surface area contributed by atoms with Gasteiger partial charge in [-0.3, -0.25) is 4.98 Å². The number of hydrogen-bond acceptors (Lipinski definition) is 1. The third kappa shape index (κ3) is 1.60. The van der Waals surface area contributed by atoms with Gasteiger partial charge < -0.3 is 0 Å². The molecule has 0 spiro atoms. The summed E-state index contributed by atoms with van der Waals surface area (Å²) in [6, 6.07) is 11.1. The van der Waals surface area contributed by atoms with E-state index in [1.54, 1.807) is 5.56 Å². The highest BCUT2D eigenvalue weighted by molar-refractivity contribution is 6.08. The van der Waals surface area contributed by atoms with E-state index >= 15 is 0 Å². The van der Waals surface area contributed by atoms with Crippen LogP contribution in [0.2, 0.25) is 0 Å². The fraction of sp³-hybridized carbons (Fsp3) is 0.409. The van der Waals surface area contributed by atoms with Crippen molar-refractivity contribution in [3.05, 3.63) is 53.2 Å². The third-order valence-corrected chi connectivity index (χ3v) is 6.80. The lowest BCUT2D eigenvalue weighted by Crippen LogP contribution is -2.44. The minimum absolute atomic E-state index is 0.336. The summed E-state index contributed by atoms with van der Waals surface area (Å²) in [5.41, 5.74) is 6.38. The Kier molecular flexibility index (Phi) is 2.44. The quantitative estimate of drug-likeness (QED) is 0.478. The Balaban J connectivity index is 1.99. The molecule has 0 radical (unpaired) electrons. The van der Waals surface area contributed by atoms with E-state index in [9.17, 15) is 0 Å². The zero-order valence-electron chi connectivity index (χ0n) is 14.2. The first-order valence-electron chi connectivity index (χ1n) is 8.84. The fourth-order valence-corrected chi connectivity index (χ4v) is 5.19. The zero-order chi connectivity index (χ0) is 15.8. The summed E-state index contributed by atoms with van der Waals surface area (Å²) in [5.74, 6) is 0. The Morgan fingerprint density at radius 1 is 0.870 bits per heavy atom. The highest BCUT2D eigenvalue weighted by atomic mass is 14.7. The van der Waals surface area contributed by atoms with Gasteiger partial charge in [0.2, 0.25) is 0 Å². The molecule has 1 heterocycles. The molecule has 0 N–H and O–H groups in total. The van der Waals surface area contributed by atoms with Crippen LogP contribution in [-0.4, -0.2) is 4.98 Å². The van der Waals surface area contributed by atoms with Crippen LogP contribution in [-0.2, 0) is 10.8 Å². The van der Waals surface area contributed by atoms with Gasteiger partial charge in [-0.05, 0) is 71.6 Å². The van der Waals surface area contributed by atoms with Crippen molar-refractivity contribution < 1.29 is 0 Å². The summed E-state index contributed by atoms with van der Waals surface area (Å²) < 4.78 is 0. The predicted octanol–water partition coefficient (Wildman–Crippen LogP) is 5.80. The molecule has 1 saturated carbocycles. The van der Waals surface area contributed by atoms with E-state index in [4.69, 9.17) is 4.98 Å². The summed E-state index contributed by atoms with van der Waals surface area (Å²) in [7, 11) is 0.